The lowest BCUT2D eigenvalue weighted by atomic mass is 9.87. The van der Waals surface area contributed by atoms with Crippen LogP contribution in [0, 0.1) is 16.7 Å². The quantitative estimate of drug-likeness (QED) is 0.0123. The minimum atomic E-state index is -5.59. The van der Waals surface area contributed by atoms with Crippen molar-refractivity contribution in [2.75, 3.05) is 81.3 Å². The second kappa shape index (κ2) is 40.4. The van der Waals surface area contributed by atoms with E-state index < -0.39 is 192 Å². The Morgan fingerprint density at radius 2 is 0.945 bits per heavy atom. The van der Waals surface area contributed by atoms with Crippen LogP contribution in [0.15, 0.2) is 25.3 Å². The summed E-state index contributed by atoms with van der Waals surface area (Å²) in [5.41, 5.74) is 8.44. The van der Waals surface area contributed by atoms with Gasteiger partial charge >= 0.3 is 58.9 Å². The van der Waals surface area contributed by atoms with Crippen molar-refractivity contribution < 1.29 is 176 Å². The number of hydrogen-bond donors (Lipinski definition) is 20. The molecule has 0 radical (unpaired) electrons. The molecule has 51 nitrogen and oxygen atoms in total. The highest BCUT2D eigenvalue weighted by Gasteiger charge is 2.53. The predicted octanol–water partition coefficient (Wildman–Crippen LogP) is -2.61. The summed E-state index contributed by atoms with van der Waals surface area (Å²) in [6.45, 7) is 1.96. The summed E-state index contributed by atoms with van der Waals surface area (Å²) in [6, 6.07) is 0. The Kier molecular flexibility index (Phi) is 34.8. The number of carboxylic acids is 2. The van der Waals surface area contributed by atoms with E-state index in [2.05, 4.69) is 68.8 Å². The van der Waals surface area contributed by atoms with Gasteiger partial charge in [-0.25, -0.2) is 57.3 Å². The average Bonchev–Trinajstić information content (AvgIpc) is 1.62. The monoisotopic (exact) mass is 1720 g/mol. The molecule has 616 valence electrons. The van der Waals surface area contributed by atoms with Gasteiger partial charge in [-0.15, -0.1) is 0 Å². The molecular weight excluding hydrogens is 1640 g/mol. The smallest absolute Gasteiger partial charge is 0.481 e. The van der Waals surface area contributed by atoms with Crippen molar-refractivity contribution in [2.45, 2.75) is 122 Å². The highest BCUT2D eigenvalue weighted by atomic mass is 32.2. The topological polar surface area (TPSA) is 785 Å². The number of imidazole rings is 2. The normalized spacial score (nSPS) is 22.2. The number of amides is 4. The largest absolute Gasteiger partial charge is 0.481 e. The number of carboxylic acid groups (broad SMARTS) is 2. The molecule has 15 atom stereocenters. The maximum Gasteiger partial charge on any atom is 0.481 e. The standard InChI is InChI=1S/C25H40N7O19P3S.C25H42N7O18P3S/c1-12(23(37)38)24(39)55-7-6-27-14(33)4-5-28-21(36)18(35)25(2,3)9-48-54(45,46)51-53(43,44)47-8-13-17(50-52(40,41)42)16(34)22(49-13)32-11-31-15-19(26)29-10-30-20(15)32;1-25(2,20(37)23(38)28-6-5-15(33)27-7-9-54-8-3-4-16(34)35)11-47-53(44,45)50-52(42,43)46-10-14-19(49-51(39,40)41)18(36)24(48-14)32-13-31-17-21(26)29-12-30-22(17)32/h10-13,16-18,22,34-35H,4-9H2,1-3H3,(H,27,33)(H,28,36)(H,37,38)(H,43,44)(H,45,46)(H2,26,29,30)(H2,40,41,42);12-14,18-20,24,36-37H,3-11H2,1-2H3,(H,27,33)(H,28,38)(H,34,35)(H,42,43)(H,44,45)(H2,26,29,30)(H2,39,40,41)/t12?,13-,16-,17-,18+,22-;14-,18-,19-,20+,24-/m11/s1. The van der Waals surface area contributed by atoms with Gasteiger partial charge < -0.3 is 112 Å². The van der Waals surface area contributed by atoms with Crippen LogP contribution in [0.2, 0.25) is 0 Å². The minimum Gasteiger partial charge on any atom is -0.481 e. The highest BCUT2D eigenvalue weighted by Crippen LogP contribution is 2.63. The van der Waals surface area contributed by atoms with Gasteiger partial charge in [-0.1, -0.05) is 39.5 Å². The van der Waals surface area contributed by atoms with E-state index in [0.717, 1.165) is 46.2 Å². The van der Waals surface area contributed by atoms with Crippen LogP contribution in [0.4, 0.5) is 11.6 Å². The summed E-state index contributed by atoms with van der Waals surface area (Å²) >= 11 is 2.19. The van der Waals surface area contributed by atoms with Gasteiger partial charge in [0.1, 0.15) is 78.4 Å². The lowest BCUT2D eigenvalue weighted by Gasteiger charge is -2.30. The number of aromatic nitrogens is 8. The Labute approximate surface area is 623 Å². The number of anilines is 2. The van der Waals surface area contributed by atoms with E-state index in [9.17, 15) is 121 Å². The van der Waals surface area contributed by atoms with Gasteiger partial charge in [-0.2, -0.15) is 20.4 Å². The Balaban J connectivity index is 0.000000391. The third-order valence-electron chi connectivity index (χ3n) is 14.8. The van der Waals surface area contributed by atoms with Crippen LogP contribution in [0.3, 0.4) is 0 Å². The Morgan fingerprint density at radius 1 is 0.560 bits per heavy atom. The van der Waals surface area contributed by atoms with Crippen molar-refractivity contribution in [3.05, 3.63) is 25.3 Å². The lowest BCUT2D eigenvalue weighted by Crippen LogP contribution is -2.46. The molecule has 2 aliphatic heterocycles. The fourth-order valence-corrected chi connectivity index (χ4v) is 16.4. The molecule has 109 heavy (non-hydrogen) atoms. The summed E-state index contributed by atoms with van der Waals surface area (Å²) in [7, 11) is -32.8. The fraction of sp³-hybridized carbons (Fsp3) is 0.660. The minimum absolute atomic E-state index is 0.0183. The van der Waals surface area contributed by atoms with Crippen molar-refractivity contribution in [1.29, 1.82) is 0 Å². The van der Waals surface area contributed by atoms with Crippen molar-refractivity contribution in [3.8, 4) is 0 Å². The van der Waals surface area contributed by atoms with Crippen LogP contribution in [0.1, 0.15) is 72.8 Å². The van der Waals surface area contributed by atoms with E-state index in [0.29, 0.717) is 24.5 Å². The molecule has 4 amide bonds. The van der Waals surface area contributed by atoms with Gasteiger partial charge in [0.2, 0.25) is 28.7 Å². The number of aliphatic hydroxyl groups is 4. The van der Waals surface area contributed by atoms with Gasteiger partial charge in [-0.3, -0.25) is 69.8 Å². The second-order valence-corrected chi connectivity index (χ2v) is 35.3. The molecular formula is C50H82N14O37P6S2. The molecule has 5 unspecified atom stereocenters. The molecule has 0 aromatic carbocycles. The summed E-state index contributed by atoms with van der Waals surface area (Å²) in [5, 5.41) is 69.3. The zero-order valence-corrected chi connectivity index (χ0v) is 64.6. The first-order valence-electron chi connectivity index (χ1n) is 31.3. The van der Waals surface area contributed by atoms with Crippen LogP contribution >= 0.6 is 70.5 Å². The average molecular weight is 1720 g/mol. The molecule has 4 aromatic heterocycles. The van der Waals surface area contributed by atoms with Crippen LogP contribution in [0.5, 0.6) is 0 Å². The zero-order chi connectivity index (χ0) is 82.0. The fourth-order valence-electron chi connectivity index (χ4n) is 9.14. The first kappa shape index (κ1) is 94.0. The molecule has 2 aliphatic rings. The summed E-state index contributed by atoms with van der Waals surface area (Å²) in [5.74, 6) is -5.16. The van der Waals surface area contributed by atoms with Crippen molar-refractivity contribution in [1.82, 2.24) is 60.3 Å². The van der Waals surface area contributed by atoms with Gasteiger partial charge in [-0.05, 0) is 19.1 Å². The summed E-state index contributed by atoms with van der Waals surface area (Å²) < 4.78 is 124. The number of thioether (sulfide) groups is 2. The zero-order valence-electron chi connectivity index (χ0n) is 57.6. The van der Waals surface area contributed by atoms with Gasteiger partial charge in [0.25, 0.3) is 0 Å². The number of nitrogens with zero attached hydrogens (tertiary/aromatic N) is 8. The number of nitrogens with one attached hydrogen (secondary N) is 4. The molecule has 0 saturated carbocycles. The number of nitrogens with two attached hydrogens (primary N) is 2. The maximum absolute atomic E-state index is 12.6. The number of hydrogen-bond acceptors (Lipinski definition) is 37. The first-order chi connectivity index (χ1) is 50.4. The molecule has 0 aliphatic carbocycles. The van der Waals surface area contributed by atoms with Gasteiger partial charge in [0.15, 0.2) is 35.4 Å². The SMILES string of the molecule is CC(C(=O)O)C(=O)SCCNC(=O)CCNC(=O)[C@H](O)C(C)(C)COP(=O)(O)OP(=O)(O)OC[C@H]1O[C@@H](n2cnc3c(N)ncnc32)[C@H](O)[C@@H]1OP(=O)(O)O.CC(C)(COP(=O)(O)OP(=O)(O)OC[C@H]1O[C@@H](n2cnc3c(N)ncnc32)[C@H](O)[C@@H]1OP(=O)(O)O)[C@@H](O)C(=O)NCCC(=O)NCCSCCCC(=O)O. The first-order valence-corrected chi connectivity index (χ1v) is 42.5. The van der Waals surface area contributed by atoms with Gasteiger partial charge in [0.05, 0.1) is 39.1 Å². The molecule has 6 heterocycles. The number of aliphatic hydroxyl groups excluding tert-OH is 4. The number of ether oxygens (including phenoxy) is 2. The van der Waals surface area contributed by atoms with E-state index in [1.54, 1.807) is 0 Å². The Morgan fingerprint density at radius 3 is 1.32 bits per heavy atom. The third-order valence-corrected chi connectivity index (χ3v) is 23.1. The van der Waals surface area contributed by atoms with Crippen molar-refractivity contribution >= 4 is 145 Å². The predicted molar refractivity (Wildman–Crippen MR) is 368 cm³/mol. The lowest BCUT2D eigenvalue weighted by molar-refractivity contribution is -0.143. The van der Waals surface area contributed by atoms with E-state index >= 15 is 0 Å². The molecule has 0 spiro atoms. The third kappa shape index (κ3) is 30.0. The summed E-state index contributed by atoms with van der Waals surface area (Å²) in [4.78, 5) is 184. The van der Waals surface area contributed by atoms with Crippen LogP contribution in [0.25, 0.3) is 22.3 Å². The highest BCUT2D eigenvalue weighted by molar-refractivity contribution is 8.13. The molecule has 22 N–H and O–H groups in total. The molecule has 59 heteroatoms. The number of phosphoric ester groups is 6. The second-order valence-electron chi connectivity index (χ2n) is 24.5. The molecule has 2 saturated heterocycles. The van der Waals surface area contributed by atoms with Crippen LogP contribution in [-0.4, -0.2) is 268 Å². The number of aliphatic carboxylic acids is 2. The van der Waals surface area contributed by atoms with E-state index in [4.69, 9.17) is 49.2 Å². The molecule has 0 bridgehead atoms. The number of fused-ring (bicyclic) bond motifs is 2. The molecule has 6 rings (SSSR count). The molecule has 2 fully saturated rings. The van der Waals surface area contributed by atoms with Crippen LogP contribution < -0.4 is 32.7 Å². The molecule has 4 aromatic rings. The number of nitrogen functional groups attached to an aromatic ring is 2. The van der Waals surface area contributed by atoms with E-state index in [1.807, 2.05) is 0 Å². The summed E-state index contributed by atoms with van der Waals surface area (Å²) in [6.07, 6.45) is -13.5. The van der Waals surface area contributed by atoms with Gasteiger partial charge in [0, 0.05) is 67.8 Å². The van der Waals surface area contributed by atoms with E-state index in [1.165, 1.54) is 46.4 Å². The maximum atomic E-state index is 12.6. The number of rotatable bonds is 44. The van der Waals surface area contributed by atoms with Crippen molar-refractivity contribution in [3.63, 3.8) is 0 Å². The Bertz CT molecular complexity index is 4140. The number of phosphoric acid groups is 6. The number of carbonyl (C=O) groups excluding carboxylic acids is 5. The Hall–Kier alpha value is -5.61. The van der Waals surface area contributed by atoms with E-state index in [-0.39, 0.29) is 78.6 Å². The van der Waals surface area contributed by atoms with Crippen LogP contribution in [-0.2, 0) is 106 Å². The number of carbonyl (C=O) groups is 7. The van der Waals surface area contributed by atoms with Crippen molar-refractivity contribution in [2.24, 2.45) is 16.7 Å².